The van der Waals surface area contributed by atoms with Crippen molar-refractivity contribution in [2.75, 3.05) is 10.2 Å². The fraction of sp³-hybridized carbons (Fsp3) is 0.261. The number of rotatable bonds is 4. The van der Waals surface area contributed by atoms with E-state index in [1.54, 1.807) is 18.2 Å². The average Bonchev–Trinajstić information content (AvgIpc) is 3.38. The first-order valence-corrected chi connectivity index (χ1v) is 10.1. The molecule has 29 heavy (non-hydrogen) atoms. The summed E-state index contributed by atoms with van der Waals surface area (Å²) in [6.07, 6.45) is 5.24. The van der Waals surface area contributed by atoms with E-state index < -0.39 is 0 Å². The third kappa shape index (κ3) is 2.97. The number of carbonyl (C=O) groups is 3. The van der Waals surface area contributed by atoms with Crippen LogP contribution in [0.5, 0.6) is 0 Å². The third-order valence-electron chi connectivity index (χ3n) is 6.16. The van der Waals surface area contributed by atoms with Gasteiger partial charge in [-0.15, -0.1) is 0 Å². The quantitative estimate of drug-likeness (QED) is 0.619. The molecule has 1 N–H and O–H groups in total. The van der Waals surface area contributed by atoms with Crippen LogP contribution in [0.25, 0.3) is 0 Å². The summed E-state index contributed by atoms with van der Waals surface area (Å²) in [5, 5.41) is 3.16. The molecule has 2 aromatic rings. The minimum Gasteiger partial charge on any atom is -0.324 e. The molecule has 0 spiro atoms. The van der Waals surface area contributed by atoms with E-state index in [0.717, 1.165) is 12.0 Å². The fourth-order valence-corrected chi connectivity index (χ4v) is 5.05. The Labute approximate surface area is 173 Å². The number of allylic oxidation sites excluding steroid dienone is 2. The van der Waals surface area contributed by atoms with E-state index >= 15 is 0 Å². The summed E-state index contributed by atoms with van der Waals surface area (Å²) in [6.45, 7) is 0. The Kier molecular flexibility index (Phi) is 4.28. The van der Waals surface area contributed by atoms with Gasteiger partial charge in [0.25, 0.3) is 0 Å². The van der Waals surface area contributed by atoms with Crippen LogP contribution >= 0.6 is 11.6 Å². The molecule has 1 saturated heterocycles. The van der Waals surface area contributed by atoms with Crippen molar-refractivity contribution in [1.29, 1.82) is 0 Å². The van der Waals surface area contributed by atoms with Crippen LogP contribution in [0.15, 0.2) is 60.7 Å². The van der Waals surface area contributed by atoms with Crippen LogP contribution in [-0.2, 0) is 20.8 Å². The lowest BCUT2D eigenvalue weighted by Gasteiger charge is -2.19. The van der Waals surface area contributed by atoms with Crippen LogP contribution in [0.4, 0.5) is 11.4 Å². The summed E-state index contributed by atoms with van der Waals surface area (Å²) < 4.78 is 0. The van der Waals surface area contributed by atoms with Crippen molar-refractivity contribution in [3.05, 3.63) is 71.3 Å². The van der Waals surface area contributed by atoms with Gasteiger partial charge >= 0.3 is 0 Å². The molecule has 5 nitrogen and oxygen atoms in total. The Hall–Kier alpha value is -2.92. The van der Waals surface area contributed by atoms with E-state index in [1.807, 2.05) is 30.3 Å². The number of halogens is 1. The molecule has 0 radical (unpaired) electrons. The molecular weight excluding hydrogens is 388 g/mol. The van der Waals surface area contributed by atoms with Crippen LogP contribution in [0.2, 0.25) is 5.02 Å². The van der Waals surface area contributed by atoms with E-state index in [9.17, 15) is 14.4 Å². The zero-order valence-corrected chi connectivity index (χ0v) is 16.3. The van der Waals surface area contributed by atoms with Gasteiger partial charge in [0.1, 0.15) is 0 Å². The molecule has 2 aromatic carbocycles. The molecule has 5 rings (SSSR count). The van der Waals surface area contributed by atoms with Crippen molar-refractivity contribution >= 4 is 40.7 Å². The van der Waals surface area contributed by atoms with Gasteiger partial charge in [-0.05, 0) is 42.0 Å². The second-order valence-corrected chi connectivity index (χ2v) is 8.29. The van der Waals surface area contributed by atoms with Gasteiger partial charge in [0.05, 0.1) is 34.7 Å². The number of hydrogen-bond acceptors (Lipinski definition) is 3. The lowest BCUT2D eigenvalue weighted by molar-refractivity contribution is -0.123. The molecule has 3 aliphatic rings. The molecule has 4 atom stereocenters. The highest BCUT2D eigenvalue weighted by Gasteiger charge is 2.59. The topological polar surface area (TPSA) is 66.5 Å². The normalized spacial score (nSPS) is 26.9. The number of hydrogen-bond donors (Lipinski definition) is 1. The minimum absolute atomic E-state index is 0.152. The Balaban J connectivity index is 1.38. The molecule has 1 saturated carbocycles. The van der Waals surface area contributed by atoms with Gasteiger partial charge in [-0.1, -0.05) is 54.1 Å². The Morgan fingerprint density at radius 1 is 1.00 bits per heavy atom. The van der Waals surface area contributed by atoms with Crippen molar-refractivity contribution in [3.8, 4) is 0 Å². The van der Waals surface area contributed by atoms with Crippen LogP contribution in [0.1, 0.15) is 12.0 Å². The maximum absolute atomic E-state index is 13.0. The fourth-order valence-electron chi connectivity index (χ4n) is 4.88. The highest BCUT2D eigenvalue weighted by molar-refractivity contribution is 6.34. The van der Waals surface area contributed by atoms with Crippen molar-refractivity contribution < 1.29 is 14.4 Å². The number of nitrogens with one attached hydrogen (secondary N) is 1. The standard InChI is InChI=1S/C23H19ClN2O3/c24-17-9-8-16(12-18(17)25-19(27)10-13-4-2-1-3-5-13)26-22(28)20-14-6-7-15(11-14)21(20)23(26)29/h1-9,12,14-15,20-21H,10-11H2,(H,25,27)/t14-,15-,20-,21+/m0/s1. The molecule has 2 bridgehead atoms. The van der Waals surface area contributed by atoms with Gasteiger partial charge in [-0.25, -0.2) is 4.90 Å². The van der Waals surface area contributed by atoms with E-state index in [4.69, 9.17) is 11.6 Å². The Morgan fingerprint density at radius 2 is 1.66 bits per heavy atom. The van der Waals surface area contributed by atoms with Crippen LogP contribution in [0, 0.1) is 23.7 Å². The zero-order valence-electron chi connectivity index (χ0n) is 15.5. The molecule has 1 heterocycles. The van der Waals surface area contributed by atoms with Gasteiger partial charge in [-0.2, -0.15) is 0 Å². The molecular formula is C23H19ClN2O3. The van der Waals surface area contributed by atoms with Crippen LogP contribution < -0.4 is 10.2 Å². The van der Waals surface area contributed by atoms with E-state index in [0.29, 0.717) is 16.4 Å². The van der Waals surface area contributed by atoms with Gasteiger partial charge < -0.3 is 5.32 Å². The van der Waals surface area contributed by atoms with Gasteiger partial charge in [0.2, 0.25) is 17.7 Å². The van der Waals surface area contributed by atoms with Crippen LogP contribution in [-0.4, -0.2) is 17.7 Å². The summed E-state index contributed by atoms with van der Waals surface area (Å²) in [5.74, 6) is -0.726. The van der Waals surface area contributed by atoms with Gasteiger partial charge in [-0.3, -0.25) is 14.4 Å². The number of amides is 3. The van der Waals surface area contributed by atoms with Crippen molar-refractivity contribution in [1.82, 2.24) is 0 Å². The second kappa shape index (κ2) is 6.85. The zero-order chi connectivity index (χ0) is 20.1. The van der Waals surface area contributed by atoms with Gasteiger partial charge in [0.15, 0.2) is 0 Å². The SMILES string of the molecule is O=C(Cc1ccccc1)Nc1cc(N2C(=O)[C@@H]3[C@H](C2=O)[C@H]2C=C[C@H]3C2)ccc1Cl. The largest absolute Gasteiger partial charge is 0.324 e. The maximum Gasteiger partial charge on any atom is 0.238 e. The average molecular weight is 407 g/mol. The predicted octanol–water partition coefficient (Wildman–Crippen LogP) is 3.83. The van der Waals surface area contributed by atoms with Gasteiger partial charge in [0, 0.05) is 0 Å². The molecule has 2 aliphatic carbocycles. The molecule has 146 valence electrons. The monoisotopic (exact) mass is 406 g/mol. The Bertz CT molecular complexity index is 1020. The van der Waals surface area contributed by atoms with Crippen molar-refractivity contribution in [2.45, 2.75) is 12.8 Å². The summed E-state index contributed by atoms with van der Waals surface area (Å²) in [6, 6.07) is 14.3. The Morgan fingerprint density at radius 3 is 2.31 bits per heavy atom. The lowest BCUT2D eigenvalue weighted by atomic mass is 9.85. The highest BCUT2D eigenvalue weighted by atomic mass is 35.5. The molecule has 6 heteroatoms. The summed E-state index contributed by atoms with van der Waals surface area (Å²) in [7, 11) is 0. The number of carbonyl (C=O) groups excluding carboxylic acids is 3. The van der Waals surface area contributed by atoms with E-state index in [1.165, 1.54) is 4.90 Å². The first-order chi connectivity index (χ1) is 14.0. The minimum atomic E-state index is -0.260. The molecule has 0 aromatic heterocycles. The van der Waals surface area contributed by atoms with Crippen molar-refractivity contribution in [2.24, 2.45) is 23.7 Å². The molecule has 1 aliphatic heterocycles. The summed E-state index contributed by atoms with van der Waals surface area (Å²) in [4.78, 5) is 39.7. The van der Waals surface area contributed by atoms with Crippen molar-refractivity contribution in [3.63, 3.8) is 0 Å². The van der Waals surface area contributed by atoms with E-state index in [2.05, 4.69) is 17.5 Å². The first-order valence-electron chi connectivity index (χ1n) is 9.72. The number of nitrogens with zero attached hydrogens (tertiary/aromatic N) is 1. The third-order valence-corrected chi connectivity index (χ3v) is 6.49. The molecule has 0 unspecified atom stereocenters. The summed E-state index contributed by atoms with van der Waals surface area (Å²) in [5.41, 5.74) is 1.73. The molecule has 3 amide bonds. The molecule has 2 fully saturated rings. The number of benzene rings is 2. The maximum atomic E-state index is 13.0. The number of anilines is 2. The smallest absolute Gasteiger partial charge is 0.238 e. The highest BCUT2D eigenvalue weighted by Crippen LogP contribution is 2.53. The number of fused-ring (bicyclic) bond motifs is 5. The predicted molar refractivity (Wildman–Crippen MR) is 110 cm³/mol. The lowest BCUT2D eigenvalue weighted by Crippen LogP contribution is -2.32. The van der Waals surface area contributed by atoms with E-state index in [-0.39, 0.29) is 47.8 Å². The number of imide groups is 1. The second-order valence-electron chi connectivity index (χ2n) is 7.89. The summed E-state index contributed by atoms with van der Waals surface area (Å²) >= 11 is 6.26. The first kappa shape index (κ1) is 18.1. The van der Waals surface area contributed by atoms with Crippen LogP contribution in [0.3, 0.4) is 0 Å².